The molecule has 1 N–H and O–H groups in total. The van der Waals surface area contributed by atoms with E-state index < -0.39 is 5.56 Å². The lowest BCUT2D eigenvalue weighted by Gasteiger charge is -2.30. The van der Waals surface area contributed by atoms with Crippen LogP contribution in [0.25, 0.3) is 11.0 Å². The Morgan fingerprint density at radius 1 is 1.19 bits per heavy atom. The van der Waals surface area contributed by atoms with Gasteiger partial charge in [0.1, 0.15) is 34.2 Å². The first-order valence-corrected chi connectivity index (χ1v) is 12.3. The van der Waals surface area contributed by atoms with E-state index in [0.717, 1.165) is 18.7 Å². The van der Waals surface area contributed by atoms with E-state index in [1.54, 1.807) is 30.3 Å². The van der Waals surface area contributed by atoms with Crippen molar-refractivity contribution in [1.82, 2.24) is 19.4 Å². The number of halogens is 1. The molecule has 2 aromatic carbocycles. The van der Waals surface area contributed by atoms with Crippen molar-refractivity contribution in [1.29, 1.82) is 5.26 Å². The smallest absolute Gasteiger partial charge is 0.278 e. The third-order valence-electron chi connectivity index (χ3n) is 6.52. The number of nitrogens with one attached hydrogen (secondary N) is 1. The molecule has 0 spiro atoms. The Hall–Kier alpha value is -4.13. The van der Waals surface area contributed by atoms with Crippen LogP contribution in [-0.2, 0) is 13.1 Å². The fraction of sp³-hybridized carbons (Fsp3) is 0.259. The van der Waals surface area contributed by atoms with Gasteiger partial charge in [0.25, 0.3) is 5.56 Å². The molecule has 9 nitrogen and oxygen atoms in total. The number of methoxy groups -OCH3 is 1. The van der Waals surface area contributed by atoms with Crippen molar-refractivity contribution in [3.8, 4) is 11.8 Å². The van der Waals surface area contributed by atoms with Crippen LogP contribution in [0.3, 0.4) is 0 Å². The van der Waals surface area contributed by atoms with Gasteiger partial charge in [0, 0.05) is 36.8 Å². The molecule has 2 aromatic heterocycles. The Bertz CT molecular complexity index is 1580. The molecule has 0 amide bonds. The molecule has 37 heavy (non-hydrogen) atoms. The van der Waals surface area contributed by atoms with Crippen LogP contribution >= 0.6 is 11.6 Å². The van der Waals surface area contributed by atoms with Gasteiger partial charge in [-0.2, -0.15) is 5.26 Å². The Kier molecular flexibility index (Phi) is 6.95. The first-order valence-electron chi connectivity index (χ1n) is 11.9. The number of Topliss-reactive ketones (excluding diaryl/α,β-unsaturated/α-hetero) is 1. The molecule has 0 bridgehead atoms. The van der Waals surface area contributed by atoms with E-state index in [-0.39, 0.29) is 24.4 Å². The normalized spacial score (nSPS) is 13.5. The summed E-state index contributed by atoms with van der Waals surface area (Å²) in [5.41, 5.74) is 1.77. The Morgan fingerprint density at radius 2 is 1.97 bits per heavy atom. The largest absolute Gasteiger partial charge is 0.497 e. The highest BCUT2D eigenvalue weighted by molar-refractivity contribution is 6.31. The summed E-state index contributed by atoms with van der Waals surface area (Å²) < 4.78 is 8.33. The van der Waals surface area contributed by atoms with E-state index in [1.807, 2.05) is 22.8 Å². The van der Waals surface area contributed by atoms with Crippen molar-refractivity contribution >= 4 is 34.2 Å². The molecule has 0 aliphatic carbocycles. The molecule has 0 atom stereocenters. The third-order valence-corrected chi connectivity index (χ3v) is 6.89. The maximum Gasteiger partial charge on any atom is 0.278 e. The molecule has 10 heteroatoms. The van der Waals surface area contributed by atoms with Crippen LogP contribution in [0, 0.1) is 11.3 Å². The first kappa shape index (κ1) is 24.6. The van der Waals surface area contributed by atoms with Crippen molar-refractivity contribution < 1.29 is 9.53 Å². The molecular formula is C27H25ClN6O3. The van der Waals surface area contributed by atoms with E-state index >= 15 is 0 Å². The van der Waals surface area contributed by atoms with E-state index in [0.29, 0.717) is 46.3 Å². The fourth-order valence-corrected chi connectivity index (χ4v) is 4.86. The van der Waals surface area contributed by atoms with Gasteiger partial charge in [-0.3, -0.25) is 14.2 Å². The van der Waals surface area contributed by atoms with Gasteiger partial charge in [-0.1, -0.05) is 41.9 Å². The van der Waals surface area contributed by atoms with Crippen LogP contribution in [0.1, 0.15) is 21.5 Å². The summed E-state index contributed by atoms with van der Waals surface area (Å²) in [5.74, 6) is 0.939. The second kappa shape index (κ2) is 10.5. The van der Waals surface area contributed by atoms with Crippen LogP contribution in [0.5, 0.6) is 5.75 Å². The number of piperazine rings is 1. The molecule has 5 rings (SSSR count). The Balaban J connectivity index is 1.66. The summed E-state index contributed by atoms with van der Waals surface area (Å²) in [6, 6.07) is 16.5. The number of carbonyl (C=O) groups is 1. The predicted octanol–water partition coefficient (Wildman–Crippen LogP) is 3.07. The summed E-state index contributed by atoms with van der Waals surface area (Å²) in [6.45, 7) is 2.95. The van der Waals surface area contributed by atoms with Crippen molar-refractivity contribution in [3.63, 3.8) is 0 Å². The van der Waals surface area contributed by atoms with Crippen molar-refractivity contribution in [2.45, 2.75) is 13.1 Å². The summed E-state index contributed by atoms with van der Waals surface area (Å²) in [5, 5.41) is 14.0. The van der Waals surface area contributed by atoms with E-state index in [9.17, 15) is 14.9 Å². The highest BCUT2D eigenvalue weighted by Crippen LogP contribution is 2.32. The summed E-state index contributed by atoms with van der Waals surface area (Å²) in [4.78, 5) is 33.5. The number of hydrogen-bond acceptors (Lipinski definition) is 7. The number of benzene rings is 2. The lowest BCUT2D eigenvalue weighted by atomic mass is 10.1. The molecule has 188 valence electrons. The molecule has 1 saturated heterocycles. The zero-order valence-corrected chi connectivity index (χ0v) is 21.0. The number of nitrogens with zero attached hydrogens (tertiary/aromatic N) is 5. The average Bonchev–Trinajstić information content (AvgIpc) is 3.25. The van der Waals surface area contributed by atoms with Crippen molar-refractivity contribution in [2.24, 2.45) is 0 Å². The second-order valence-corrected chi connectivity index (χ2v) is 9.16. The zero-order chi connectivity index (χ0) is 25.9. The van der Waals surface area contributed by atoms with E-state index in [1.165, 1.54) is 18.0 Å². The minimum absolute atomic E-state index is 0.197. The summed E-state index contributed by atoms with van der Waals surface area (Å²) in [7, 11) is 1.53. The van der Waals surface area contributed by atoms with Gasteiger partial charge in [-0.15, -0.1) is 0 Å². The van der Waals surface area contributed by atoms with Crippen LogP contribution in [-0.4, -0.2) is 53.2 Å². The van der Waals surface area contributed by atoms with Crippen molar-refractivity contribution in [3.05, 3.63) is 86.9 Å². The molecule has 1 fully saturated rings. The number of rotatable bonds is 7. The molecule has 1 aliphatic rings. The van der Waals surface area contributed by atoms with Gasteiger partial charge in [0.2, 0.25) is 0 Å². The quantitative estimate of drug-likeness (QED) is 0.376. The standard InChI is InChI=1S/C27H25ClN6O3/c1-37-20-7-4-6-18(13-20)23(35)16-33-17-31-24-21(14-29)26(32-11-9-30-10-12-32)34(25(24)27(33)36)15-19-5-2-3-8-22(19)28/h2-8,13,17,30H,9-12,15-16H2,1H3. The summed E-state index contributed by atoms with van der Waals surface area (Å²) >= 11 is 6.48. The fourth-order valence-electron chi connectivity index (χ4n) is 4.67. The lowest BCUT2D eigenvalue weighted by Crippen LogP contribution is -2.44. The van der Waals surface area contributed by atoms with Crippen LogP contribution in [0.4, 0.5) is 5.82 Å². The van der Waals surface area contributed by atoms with Gasteiger partial charge in [-0.05, 0) is 23.8 Å². The van der Waals surface area contributed by atoms with E-state index in [2.05, 4.69) is 21.3 Å². The van der Waals surface area contributed by atoms with Crippen LogP contribution in [0.2, 0.25) is 5.02 Å². The number of carbonyl (C=O) groups excluding carboxylic acids is 1. The predicted molar refractivity (Wildman–Crippen MR) is 142 cm³/mol. The highest BCUT2D eigenvalue weighted by atomic mass is 35.5. The molecular weight excluding hydrogens is 492 g/mol. The summed E-state index contributed by atoms with van der Waals surface area (Å²) in [6.07, 6.45) is 1.34. The van der Waals surface area contributed by atoms with Gasteiger partial charge < -0.3 is 19.5 Å². The van der Waals surface area contributed by atoms with E-state index in [4.69, 9.17) is 16.3 Å². The maximum atomic E-state index is 13.8. The number of anilines is 1. The zero-order valence-electron chi connectivity index (χ0n) is 20.3. The Morgan fingerprint density at radius 3 is 2.70 bits per heavy atom. The number of ether oxygens (including phenoxy) is 1. The second-order valence-electron chi connectivity index (χ2n) is 8.75. The molecule has 0 unspecified atom stereocenters. The monoisotopic (exact) mass is 516 g/mol. The first-order chi connectivity index (χ1) is 18.0. The van der Waals surface area contributed by atoms with Gasteiger partial charge in [0.05, 0.1) is 26.5 Å². The lowest BCUT2D eigenvalue weighted by molar-refractivity contribution is 0.0970. The molecule has 0 radical (unpaired) electrons. The Labute approximate surface area is 218 Å². The van der Waals surface area contributed by atoms with Gasteiger partial charge >= 0.3 is 0 Å². The maximum absolute atomic E-state index is 13.8. The van der Waals surface area contributed by atoms with Gasteiger partial charge in [0.15, 0.2) is 5.78 Å². The molecule has 1 aliphatic heterocycles. The topological polar surface area (TPSA) is 105 Å². The number of hydrogen-bond donors (Lipinski definition) is 1. The van der Waals surface area contributed by atoms with Gasteiger partial charge in [-0.25, -0.2) is 4.98 Å². The number of ketones is 1. The van der Waals surface area contributed by atoms with Crippen molar-refractivity contribution in [2.75, 3.05) is 38.2 Å². The number of fused-ring (bicyclic) bond motifs is 1. The van der Waals surface area contributed by atoms with Crippen LogP contribution in [0.15, 0.2) is 59.7 Å². The minimum Gasteiger partial charge on any atom is -0.497 e. The third kappa shape index (κ3) is 4.69. The number of nitriles is 1. The minimum atomic E-state index is -0.397. The average molecular weight is 517 g/mol. The molecule has 4 aromatic rings. The van der Waals surface area contributed by atoms with Crippen LogP contribution < -0.4 is 20.5 Å². The highest BCUT2D eigenvalue weighted by Gasteiger charge is 2.27. The molecule has 0 saturated carbocycles. The SMILES string of the molecule is COc1cccc(C(=O)Cn2cnc3c(C#N)c(N4CCNCC4)n(Cc4ccccc4Cl)c3c2=O)c1. The number of aromatic nitrogens is 3. The molecule has 3 heterocycles.